The highest BCUT2D eigenvalue weighted by Gasteiger charge is 2.29. The van der Waals surface area contributed by atoms with Crippen molar-refractivity contribution in [3.05, 3.63) is 17.9 Å². The average Bonchev–Trinajstić information content (AvgIpc) is 2.95. The number of rotatable bonds is 5. The minimum Gasteiger partial charge on any atom is -0.438 e. The lowest BCUT2D eigenvalue weighted by Gasteiger charge is -2.27. The molecule has 1 aliphatic carbocycles. The molecule has 1 aliphatic rings. The van der Waals surface area contributed by atoms with E-state index in [9.17, 15) is 18.0 Å². The minimum absolute atomic E-state index is 0.0875. The van der Waals surface area contributed by atoms with Crippen LogP contribution in [0.5, 0.6) is 0 Å². The fourth-order valence-corrected chi connectivity index (χ4v) is 4.23. The Labute approximate surface area is 147 Å². The molecule has 9 heteroatoms. The van der Waals surface area contributed by atoms with Gasteiger partial charge in [-0.2, -0.15) is 0 Å². The van der Waals surface area contributed by atoms with E-state index in [0.29, 0.717) is 6.42 Å². The summed E-state index contributed by atoms with van der Waals surface area (Å²) >= 11 is 0. The predicted molar refractivity (Wildman–Crippen MR) is 91.2 cm³/mol. The summed E-state index contributed by atoms with van der Waals surface area (Å²) in [5.74, 6) is -1.20. The fraction of sp³-hybridized carbons (Fsp3) is 0.625. The number of amides is 2. The van der Waals surface area contributed by atoms with Crippen LogP contribution in [0.1, 0.15) is 57.0 Å². The summed E-state index contributed by atoms with van der Waals surface area (Å²) in [6.07, 6.45) is 2.75. The summed E-state index contributed by atoms with van der Waals surface area (Å²) in [4.78, 5) is 23.6. The molecule has 4 N–H and O–H groups in total. The number of hydrogen-bond acceptors (Lipinski definition) is 5. The van der Waals surface area contributed by atoms with E-state index in [4.69, 9.17) is 10.2 Å². The summed E-state index contributed by atoms with van der Waals surface area (Å²) in [6.45, 7) is 5.12. The zero-order chi connectivity index (χ0) is 18.8. The van der Waals surface area contributed by atoms with Crippen molar-refractivity contribution in [3.63, 3.8) is 0 Å². The molecule has 1 saturated carbocycles. The van der Waals surface area contributed by atoms with Gasteiger partial charge in [0.1, 0.15) is 0 Å². The molecule has 1 aromatic heterocycles. The van der Waals surface area contributed by atoms with E-state index in [1.54, 1.807) is 20.8 Å². The van der Waals surface area contributed by atoms with Crippen LogP contribution in [0.4, 0.5) is 0 Å². The van der Waals surface area contributed by atoms with Crippen LogP contribution in [-0.4, -0.2) is 31.8 Å². The van der Waals surface area contributed by atoms with Crippen molar-refractivity contribution in [3.8, 4) is 0 Å². The van der Waals surface area contributed by atoms with Gasteiger partial charge in [-0.3, -0.25) is 9.59 Å². The van der Waals surface area contributed by atoms with Crippen LogP contribution in [0.3, 0.4) is 0 Å². The molecule has 2 atom stereocenters. The van der Waals surface area contributed by atoms with Crippen LogP contribution < -0.4 is 15.8 Å². The van der Waals surface area contributed by atoms with Gasteiger partial charge in [0.05, 0.1) is 0 Å². The zero-order valence-electron chi connectivity index (χ0n) is 14.7. The molecule has 8 nitrogen and oxygen atoms in total. The van der Waals surface area contributed by atoms with Gasteiger partial charge in [-0.15, -0.1) is 0 Å². The Morgan fingerprint density at radius 2 is 1.92 bits per heavy atom. The highest BCUT2D eigenvalue weighted by molar-refractivity contribution is 7.89. The molecule has 1 aromatic rings. The number of furan rings is 1. The number of nitrogens with two attached hydrogens (primary N) is 1. The van der Waals surface area contributed by atoms with E-state index in [1.165, 1.54) is 12.1 Å². The SMILES string of the molecule is CC(C)(C)NS(=O)(=O)c1ccc(C(=O)N[C@H]2CCC[C@@H](C(N)=O)C2)o1. The zero-order valence-corrected chi connectivity index (χ0v) is 15.5. The first-order valence-corrected chi connectivity index (χ1v) is 9.70. The molecular weight excluding hydrogens is 346 g/mol. The van der Waals surface area contributed by atoms with Crippen molar-refractivity contribution in [2.75, 3.05) is 0 Å². The van der Waals surface area contributed by atoms with Gasteiger partial charge in [0.2, 0.25) is 11.0 Å². The lowest BCUT2D eigenvalue weighted by Crippen LogP contribution is -2.41. The van der Waals surface area contributed by atoms with E-state index < -0.39 is 21.5 Å². The number of nitrogens with one attached hydrogen (secondary N) is 2. The molecule has 1 fully saturated rings. The molecule has 0 saturated heterocycles. The average molecular weight is 371 g/mol. The number of sulfonamides is 1. The Balaban J connectivity index is 2.04. The Hall–Kier alpha value is -1.87. The quantitative estimate of drug-likeness (QED) is 0.714. The van der Waals surface area contributed by atoms with Gasteiger partial charge in [-0.1, -0.05) is 6.42 Å². The van der Waals surface area contributed by atoms with Crippen molar-refractivity contribution < 1.29 is 22.4 Å². The molecule has 2 amide bonds. The first kappa shape index (κ1) is 19.5. The van der Waals surface area contributed by atoms with Crippen LogP contribution in [0.25, 0.3) is 0 Å². The third-order valence-corrected chi connectivity index (χ3v) is 5.55. The number of primary amides is 1. The van der Waals surface area contributed by atoms with Crippen LogP contribution in [-0.2, 0) is 14.8 Å². The minimum atomic E-state index is -3.84. The van der Waals surface area contributed by atoms with E-state index >= 15 is 0 Å². The van der Waals surface area contributed by atoms with Gasteiger partial charge in [-0.25, -0.2) is 13.1 Å². The fourth-order valence-electron chi connectivity index (χ4n) is 2.88. The van der Waals surface area contributed by atoms with Gasteiger partial charge in [0.25, 0.3) is 15.9 Å². The lowest BCUT2D eigenvalue weighted by molar-refractivity contribution is -0.122. The third-order valence-electron chi connectivity index (χ3n) is 3.92. The highest BCUT2D eigenvalue weighted by atomic mass is 32.2. The summed E-state index contributed by atoms with van der Waals surface area (Å²) in [7, 11) is -3.84. The predicted octanol–water partition coefficient (Wildman–Crippen LogP) is 1.13. The molecule has 2 rings (SSSR count). The van der Waals surface area contributed by atoms with E-state index in [1.807, 2.05) is 0 Å². The summed E-state index contributed by atoms with van der Waals surface area (Å²) in [5.41, 5.74) is 4.66. The monoisotopic (exact) mass is 371 g/mol. The maximum atomic E-state index is 12.3. The van der Waals surface area contributed by atoms with Crippen LogP contribution >= 0.6 is 0 Å². The standard InChI is InChI=1S/C16H25N3O5S/c1-16(2,3)19-25(22,23)13-8-7-12(24-13)15(21)18-11-6-4-5-10(9-11)14(17)20/h7-8,10-11,19H,4-6,9H2,1-3H3,(H2,17,20)(H,18,21)/t10-,11+/m1/s1. The molecule has 140 valence electrons. The van der Waals surface area contributed by atoms with Crippen molar-refractivity contribution in [1.82, 2.24) is 10.0 Å². The molecule has 0 bridgehead atoms. The van der Waals surface area contributed by atoms with E-state index in [-0.39, 0.29) is 28.7 Å². The van der Waals surface area contributed by atoms with Crippen molar-refractivity contribution in [2.24, 2.45) is 11.7 Å². The molecular formula is C16H25N3O5S. The highest BCUT2D eigenvalue weighted by Crippen LogP contribution is 2.24. The molecule has 0 aliphatic heterocycles. The van der Waals surface area contributed by atoms with E-state index in [0.717, 1.165) is 19.3 Å². The first-order valence-electron chi connectivity index (χ1n) is 8.22. The van der Waals surface area contributed by atoms with Gasteiger partial charge in [0.15, 0.2) is 5.76 Å². The van der Waals surface area contributed by atoms with Crippen molar-refractivity contribution in [2.45, 2.75) is 63.1 Å². The Morgan fingerprint density at radius 3 is 2.52 bits per heavy atom. The van der Waals surface area contributed by atoms with Crippen LogP contribution in [0.2, 0.25) is 0 Å². The smallest absolute Gasteiger partial charge is 0.287 e. The van der Waals surface area contributed by atoms with Gasteiger partial charge in [-0.05, 0) is 52.2 Å². The van der Waals surface area contributed by atoms with Crippen LogP contribution in [0, 0.1) is 5.92 Å². The number of hydrogen-bond donors (Lipinski definition) is 3. The van der Waals surface area contributed by atoms with Gasteiger partial charge < -0.3 is 15.5 Å². The van der Waals surface area contributed by atoms with Crippen LogP contribution in [0.15, 0.2) is 21.6 Å². The second-order valence-electron chi connectivity index (χ2n) is 7.41. The maximum Gasteiger partial charge on any atom is 0.287 e. The summed E-state index contributed by atoms with van der Waals surface area (Å²) < 4.78 is 32.1. The number of carbonyl (C=O) groups excluding carboxylic acids is 2. The second kappa shape index (κ2) is 7.17. The molecule has 0 unspecified atom stereocenters. The molecule has 0 radical (unpaired) electrons. The van der Waals surface area contributed by atoms with Gasteiger partial charge in [0, 0.05) is 17.5 Å². The van der Waals surface area contributed by atoms with Gasteiger partial charge >= 0.3 is 0 Å². The molecule has 25 heavy (non-hydrogen) atoms. The van der Waals surface area contributed by atoms with E-state index in [2.05, 4.69) is 10.0 Å². The first-order chi connectivity index (χ1) is 11.5. The Morgan fingerprint density at radius 1 is 1.24 bits per heavy atom. The normalized spacial score (nSPS) is 21.7. The second-order valence-corrected chi connectivity index (χ2v) is 9.02. The molecule has 0 aromatic carbocycles. The number of carbonyl (C=O) groups is 2. The third kappa shape index (κ3) is 5.30. The largest absolute Gasteiger partial charge is 0.438 e. The summed E-state index contributed by atoms with van der Waals surface area (Å²) in [5, 5.41) is 2.46. The topological polar surface area (TPSA) is 132 Å². The van der Waals surface area contributed by atoms with Crippen molar-refractivity contribution in [1.29, 1.82) is 0 Å². The maximum absolute atomic E-state index is 12.3. The molecule has 1 heterocycles. The molecule has 0 spiro atoms. The Kier molecular flexibility index (Phi) is 5.58. The Bertz CT molecular complexity index is 748. The van der Waals surface area contributed by atoms with Crippen molar-refractivity contribution >= 4 is 21.8 Å². The lowest BCUT2D eigenvalue weighted by atomic mass is 9.85. The summed E-state index contributed by atoms with van der Waals surface area (Å²) in [6, 6.07) is 2.38.